The van der Waals surface area contributed by atoms with Crippen molar-refractivity contribution in [2.45, 2.75) is 11.9 Å². The average Bonchev–Trinajstić information content (AvgIpc) is 3.05. The van der Waals surface area contributed by atoms with Gasteiger partial charge in [-0.3, -0.25) is 0 Å². The van der Waals surface area contributed by atoms with Gasteiger partial charge in [-0.2, -0.15) is 0 Å². The Morgan fingerprint density at radius 1 is 1.19 bits per heavy atom. The van der Waals surface area contributed by atoms with Crippen LogP contribution in [-0.2, 0) is 14.6 Å². The van der Waals surface area contributed by atoms with Crippen molar-refractivity contribution in [3.63, 3.8) is 0 Å². The smallest absolute Gasteiger partial charge is 0.354 e. The number of pyridine rings is 1. The number of rotatable bonds is 6. The fourth-order valence-electron chi connectivity index (χ4n) is 2.52. The summed E-state index contributed by atoms with van der Waals surface area (Å²) < 4.78 is 39.1. The van der Waals surface area contributed by atoms with Gasteiger partial charge in [-0.25, -0.2) is 18.2 Å². The van der Waals surface area contributed by atoms with E-state index in [2.05, 4.69) is 9.97 Å². The molecular formula is C18H18N2O6S. The first kappa shape index (κ1) is 18.7. The number of methoxy groups -OCH3 is 1. The first-order chi connectivity index (χ1) is 12.8. The third kappa shape index (κ3) is 4.03. The highest BCUT2D eigenvalue weighted by atomic mass is 32.2. The van der Waals surface area contributed by atoms with E-state index >= 15 is 0 Å². The molecule has 0 aliphatic rings. The molecule has 0 bridgehead atoms. The van der Waals surface area contributed by atoms with Gasteiger partial charge >= 0.3 is 5.97 Å². The monoisotopic (exact) mass is 390 g/mol. The summed E-state index contributed by atoms with van der Waals surface area (Å²) in [5, 5.41) is 0.672. The van der Waals surface area contributed by atoms with Crippen LogP contribution in [0.1, 0.15) is 17.4 Å². The number of aromatic nitrogens is 2. The molecule has 142 valence electrons. The summed E-state index contributed by atoms with van der Waals surface area (Å²) in [4.78, 5) is 18.6. The molecule has 0 aliphatic heterocycles. The molecule has 27 heavy (non-hydrogen) atoms. The van der Waals surface area contributed by atoms with Gasteiger partial charge in [0.15, 0.2) is 14.9 Å². The second-order valence-electron chi connectivity index (χ2n) is 5.70. The fraction of sp³-hybridized carbons (Fsp3) is 0.222. The van der Waals surface area contributed by atoms with Crippen LogP contribution < -0.4 is 9.47 Å². The van der Waals surface area contributed by atoms with Gasteiger partial charge in [0.25, 0.3) is 0 Å². The van der Waals surface area contributed by atoms with E-state index in [0.717, 1.165) is 6.26 Å². The van der Waals surface area contributed by atoms with Crippen molar-refractivity contribution in [3.05, 3.63) is 42.2 Å². The molecule has 9 heteroatoms. The first-order valence-corrected chi connectivity index (χ1v) is 9.92. The maximum absolute atomic E-state index is 11.8. The van der Waals surface area contributed by atoms with Gasteiger partial charge < -0.3 is 19.2 Å². The van der Waals surface area contributed by atoms with E-state index in [1.54, 1.807) is 18.2 Å². The molecule has 3 rings (SSSR count). The topological polar surface area (TPSA) is 108 Å². The molecule has 3 aromatic rings. The van der Waals surface area contributed by atoms with Gasteiger partial charge in [0.1, 0.15) is 22.9 Å². The SMILES string of the molecule is CCOc1cc(Oc2ccc(S(C)(=O)=O)nc2)cc2cc(C(=O)OC)[nH]c12. The summed E-state index contributed by atoms with van der Waals surface area (Å²) in [6.07, 6.45) is 2.42. The standard InChI is InChI=1S/C18H18N2O6S/c1-4-25-15-9-13(7-11-8-14(18(21)24-2)20-17(11)15)26-12-5-6-16(19-10-12)27(3,22)23/h5-10,20H,4H2,1-3H3. The van der Waals surface area contributed by atoms with E-state index in [9.17, 15) is 13.2 Å². The van der Waals surface area contributed by atoms with Gasteiger partial charge in [-0.05, 0) is 31.2 Å². The van der Waals surface area contributed by atoms with Crippen molar-refractivity contribution in [1.82, 2.24) is 9.97 Å². The van der Waals surface area contributed by atoms with Gasteiger partial charge in [0.2, 0.25) is 0 Å². The van der Waals surface area contributed by atoms with Crippen LogP contribution in [0.3, 0.4) is 0 Å². The number of nitrogens with one attached hydrogen (secondary N) is 1. The van der Waals surface area contributed by atoms with Crippen LogP contribution in [-0.4, -0.2) is 44.3 Å². The van der Waals surface area contributed by atoms with Gasteiger partial charge in [0, 0.05) is 17.7 Å². The largest absolute Gasteiger partial charge is 0.492 e. The lowest BCUT2D eigenvalue weighted by molar-refractivity contribution is 0.0595. The molecule has 0 amide bonds. The lowest BCUT2D eigenvalue weighted by atomic mass is 10.2. The average molecular weight is 390 g/mol. The van der Waals surface area contributed by atoms with Crippen LogP contribution in [0.2, 0.25) is 0 Å². The number of hydrogen-bond acceptors (Lipinski definition) is 7. The number of H-pyrrole nitrogens is 1. The minimum Gasteiger partial charge on any atom is -0.492 e. The summed E-state index contributed by atoms with van der Waals surface area (Å²) in [5.74, 6) is 0.848. The Morgan fingerprint density at radius 2 is 1.96 bits per heavy atom. The van der Waals surface area contributed by atoms with E-state index in [0.29, 0.717) is 40.5 Å². The zero-order valence-electron chi connectivity index (χ0n) is 15.0. The third-order valence-electron chi connectivity index (χ3n) is 3.70. The Hall–Kier alpha value is -3.07. The summed E-state index contributed by atoms with van der Waals surface area (Å²) in [7, 11) is -2.07. The van der Waals surface area contributed by atoms with E-state index in [1.165, 1.54) is 25.4 Å². The summed E-state index contributed by atoms with van der Waals surface area (Å²) in [6.45, 7) is 2.27. The van der Waals surface area contributed by atoms with Crippen LogP contribution in [0.25, 0.3) is 10.9 Å². The second-order valence-corrected chi connectivity index (χ2v) is 7.66. The normalized spacial score (nSPS) is 11.4. The Labute approximate surface area is 156 Å². The van der Waals surface area contributed by atoms with Crippen LogP contribution >= 0.6 is 0 Å². The number of ether oxygens (including phenoxy) is 3. The van der Waals surface area contributed by atoms with E-state index in [-0.39, 0.29) is 5.03 Å². The molecule has 1 aromatic carbocycles. The van der Waals surface area contributed by atoms with E-state index in [1.807, 2.05) is 6.92 Å². The number of benzene rings is 1. The molecule has 8 nitrogen and oxygen atoms in total. The summed E-state index contributed by atoms with van der Waals surface area (Å²) >= 11 is 0. The number of esters is 1. The first-order valence-electron chi connectivity index (χ1n) is 8.03. The lowest BCUT2D eigenvalue weighted by Crippen LogP contribution is -2.00. The van der Waals surface area contributed by atoms with Crippen LogP contribution in [0.5, 0.6) is 17.2 Å². The molecule has 2 heterocycles. The number of fused-ring (bicyclic) bond motifs is 1. The lowest BCUT2D eigenvalue weighted by Gasteiger charge is -2.10. The van der Waals surface area contributed by atoms with Crippen molar-refractivity contribution in [2.75, 3.05) is 20.0 Å². The predicted octanol–water partition coefficient (Wildman–Crippen LogP) is 2.94. The molecule has 2 aromatic heterocycles. The fourth-order valence-corrected chi connectivity index (χ4v) is 3.07. The number of carbonyl (C=O) groups excluding carboxylic acids is 1. The number of hydrogen-bond donors (Lipinski definition) is 1. The molecule has 0 fully saturated rings. The molecule has 1 N–H and O–H groups in total. The molecule has 0 saturated heterocycles. The molecule has 0 saturated carbocycles. The van der Waals surface area contributed by atoms with E-state index < -0.39 is 15.8 Å². The molecule has 0 aliphatic carbocycles. The second kappa shape index (κ2) is 7.28. The van der Waals surface area contributed by atoms with Crippen LogP contribution in [0, 0.1) is 0 Å². The van der Waals surface area contributed by atoms with E-state index in [4.69, 9.17) is 14.2 Å². The van der Waals surface area contributed by atoms with Gasteiger partial charge in [-0.15, -0.1) is 0 Å². The number of aromatic amines is 1. The Balaban J connectivity index is 1.97. The third-order valence-corrected chi connectivity index (χ3v) is 4.70. The quantitative estimate of drug-likeness (QED) is 0.645. The Bertz CT molecular complexity index is 1090. The Kier molecular flexibility index (Phi) is 5.04. The zero-order valence-corrected chi connectivity index (χ0v) is 15.8. The Morgan fingerprint density at radius 3 is 2.56 bits per heavy atom. The summed E-state index contributed by atoms with van der Waals surface area (Å²) in [6, 6.07) is 7.93. The number of sulfone groups is 1. The predicted molar refractivity (Wildman–Crippen MR) is 98.2 cm³/mol. The molecular weight excluding hydrogens is 372 g/mol. The van der Waals surface area contributed by atoms with Crippen LogP contribution in [0.4, 0.5) is 0 Å². The zero-order chi connectivity index (χ0) is 19.6. The van der Waals surface area contributed by atoms with Crippen molar-refractivity contribution in [1.29, 1.82) is 0 Å². The van der Waals surface area contributed by atoms with Crippen molar-refractivity contribution < 1.29 is 27.4 Å². The maximum atomic E-state index is 11.8. The molecule has 0 unspecified atom stereocenters. The maximum Gasteiger partial charge on any atom is 0.354 e. The number of carbonyl (C=O) groups is 1. The van der Waals surface area contributed by atoms with Crippen molar-refractivity contribution in [3.8, 4) is 17.2 Å². The molecule has 0 radical (unpaired) electrons. The highest BCUT2D eigenvalue weighted by molar-refractivity contribution is 7.90. The minimum absolute atomic E-state index is 0.0336. The highest BCUT2D eigenvalue weighted by Gasteiger charge is 2.15. The summed E-state index contributed by atoms with van der Waals surface area (Å²) in [5.41, 5.74) is 0.944. The van der Waals surface area contributed by atoms with Gasteiger partial charge in [0.05, 0.1) is 25.4 Å². The highest BCUT2D eigenvalue weighted by Crippen LogP contribution is 2.34. The van der Waals surface area contributed by atoms with Crippen LogP contribution in [0.15, 0.2) is 41.6 Å². The number of nitrogens with zero attached hydrogens (tertiary/aromatic N) is 1. The van der Waals surface area contributed by atoms with Crippen molar-refractivity contribution in [2.24, 2.45) is 0 Å². The molecule has 0 atom stereocenters. The van der Waals surface area contributed by atoms with Crippen molar-refractivity contribution >= 4 is 26.7 Å². The molecule has 0 spiro atoms. The van der Waals surface area contributed by atoms with Gasteiger partial charge in [-0.1, -0.05) is 0 Å². The minimum atomic E-state index is -3.38.